The van der Waals surface area contributed by atoms with Crippen LogP contribution in [0.3, 0.4) is 0 Å². The number of rotatable bonds is 4. The Morgan fingerprint density at radius 2 is 1.88 bits per heavy atom. The average Bonchev–Trinajstić information content (AvgIpc) is 2.75. The van der Waals surface area contributed by atoms with E-state index in [1.807, 2.05) is 6.92 Å². The number of hydrogen-bond acceptors (Lipinski definition) is 3. The molecule has 3 heteroatoms. The van der Waals surface area contributed by atoms with Gasteiger partial charge < -0.3 is 10.8 Å². The molecule has 0 aliphatic heterocycles. The van der Waals surface area contributed by atoms with Crippen molar-refractivity contribution in [2.45, 2.75) is 49.1 Å². The molecule has 0 bridgehead atoms. The van der Waals surface area contributed by atoms with Crippen molar-refractivity contribution in [2.24, 2.45) is 5.73 Å². The van der Waals surface area contributed by atoms with Crippen LogP contribution in [0.4, 0.5) is 0 Å². The molecule has 0 aromatic heterocycles. The van der Waals surface area contributed by atoms with Gasteiger partial charge in [0.2, 0.25) is 0 Å². The first kappa shape index (κ1) is 12.9. The molecule has 2 rings (SSSR count). The first-order chi connectivity index (χ1) is 8.09. The second-order valence-corrected chi connectivity index (χ2v) is 6.13. The summed E-state index contributed by atoms with van der Waals surface area (Å²) in [7, 11) is 0. The zero-order valence-electron chi connectivity index (χ0n) is 10.4. The van der Waals surface area contributed by atoms with Crippen molar-refractivity contribution >= 4 is 11.8 Å². The summed E-state index contributed by atoms with van der Waals surface area (Å²) in [5.74, 6) is 0.810. The Bertz CT molecular complexity index is 355. The fourth-order valence-electron chi connectivity index (χ4n) is 2.26. The van der Waals surface area contributed by atoms with Crippen LogP contribution in [0.2, 0.25) is 0 Å². The minimum atomic E-state index is -0.426. The fourth-order valence-corrected chi connectivity index (χ4v) is 3.32. The van der Waals surface area contributed by atoms with E-state index >= 15 is 0 Å². The lowest BCUT2D eigenvalue weighted by Crippen LogP contribution is -2.26. The Kier molecular flexibility index (Phi) is 4.13. The SMILES string of the molecule is CC(N)c1ccc(SCC2(O)CCCC2)cc1. The monoisotopic (exact) mass is 251 g/mol. The van der Waals surface area contributed by atoms with Crippen LogP contribution in [0.1, 0.15) is 44.2 Å². The molecule has 0 saturated heterocycles. The Hall–Kier alpha value is -0.510. The van der Waals surface area contributed by atoms with E-state index in [1.165, 1.54) is 17.7 Å². The van der Waals surface area contributed by atoms with Gasteiger partial charge in [0.1, 0.15) is 0 Å². The summed E-state index contributed by atoms with van der Waals surface area (Å²) >= 11 is 1.75. The Morgan fingerprint density at radius 3 is 2.41 bits per heavy atom. The maximum absolute atomic E-state index is 10.3. The van der Waals surface area contributed by atoms with E-state index in [0.717, 1.165) is 24.2 Å². The predicted molar refractivity (Wildman–Crippen MR) is 73.2 cm³/mol. The van der Waals surface area contributed by atoms with Gasteiger partial charge in [0.25, 0.3) is 0 Å². The van der Waals surface area contributed by atoms with Gasteiger partial charge in [-0.3, -0.25) is 0 Å². The van der Waals surface area contributed by atoms with E-state index in [4.69, 9.17) is 5.73 Å². The lowest BCUT2D eigenvalue weighted by atomic mass is 10.1. The lowest BCUT2D eigenvalue weighted by molar-refractivity contribution is 0.0732. The van der Waals surface area contributed by atoms with Crippen LogP contribution >= 0.6 is 11.8 Å². The van der Waals surface area contributed by atoms with Crippen molar-refractivity contribution in [1.29, 1.82) is 0 Å². The largest absolute Gasteiger partial charge is 0.389 e. The van der Waals surface area contributed by atoms with Crippen molar-refractivity contribution in [3.63, 3.8) is 0 Å². The van der Waals surface area contributed by atoms with E-state index in [1.54, 1.807) is 11.8 Å². The number of nitrogens with two attached hydrogens (primary N) is 1. The minimum absolute atomic E-state index is 0.0908. The molecule has 3 N–H and O–H groups in total. The van der Waals surface area contributed by atoms with Crippen LogP contribution in [0.5, 0.6) is 0 Å². The highest BCUT2D eigenvalue weighted by Crippen LogP contribution is 2.34. The molecule has 1 unspecified atom stereocenters. The molecule has 1 aliphatic carbocycles. The molecular weight excluding hydrogens is 230 g/mol. The van der Waals surface area contributed by atoms with Gasteiger partial charge in [-0.25, -0.2) is 0 Å². The standard InChI is InChI=1S/C14H21NOS/c1-11(15)12-4-6-13(7-5-12)17-10-14(16)8-2-3-9-14/h4-7,11,16H,2-3,8-10,15H2,1H3. The molecule has 1 fully saturated rings. The topological polar surface area (TPSA) is 46.2 Å². The highest BCUT2D eigenvalue weighted by molar-refractivity contribution is 7.99. The first-order valence-corrected chi connectivity index (χ1v) is 7.28. The minimum Gasteiger partial charge on any atom is -0.389 e. The van der Waals surface area contributed by atoms with Crippen molar-refractivity contribution in [1.82, 2.24) is 0 Å². The highest BCUT2D eigenvalue weighted by Gasteiger charge is 2.30. The van der Waals surface area contributed by atoms with Crippen molar-refractivity contribution < 1.29 is 5.11 Å². The summed E-state index contributed by atoms with van der Waals surface area (Å²) in [4.78, 5) is 1.22. The summed E-state index contributed by atoms with van der Waals surface area (Å²) in [6.07, 6.45) is 4.25. The van der Waals surface area contributed by atoms with Crippen molar-refractivity contribution in [3.8, 4) is 0 Å². The maximum atomic E-state index is 10.3. The van der Waals surface area contributed by atoms with Gasteiger partial charge in [-0.1, -0.05) is 25.0 Å². The molecule has 0 heterocycles. The molecule has 0 radical (unpaired) electrons. The summed E-state index contributed by atoms with van der Waals surface area (Å²) in [5, 5.41) is 10.3. The van der Waals surface area contributed by atoms with E-state index in [2.05, 4.69) is 24.3 Å². The van der Waals surface area contributed by atoms with Crippen LogP contribution < -0.4 is 5.73 Å². The Labute approximate surface area is 108 Å². The number of thioether (sulfide) groups is 1. The van der Waals surface area contributed by atoms with E-state index in [9.17, 15) is 5.11 Å². The van der Waals surface area contributed by atoms with Gasteiger partial charge in [0.15, 0.2) is 0 Å². The van der Waals surface area contributed by atoms with Gasteiger partial charge in [0.05, 0.1) is 5.60 Å². The molecule has 1 aliphatic rings. The van der Waals surface area contributed by atoms with Crippen LogP contribution in [0.15, 0.2) is 29.2 Å². The summed E-state index contributed by atoms with van der Waals surface area (Å²) in [5.41, 5.74) is 6.55. The molecule has 17 heavy (non-hydrogen) atoms. The molecule has 2 nitrogen and oxygen atoms in total. The third-order valence-corrected chi connectivity index (χ3v) is 4.73. The van der Waals surface area contributed by atoms with Crippen molar-refractivity contribution in [3.05, 3.63) is 29.8 Å². The Morgan fingerprint density at radius 1 is 1.29 bits per heavy atom. The number of benzene rings is 1. The second-order valence-electron chi connectivity index (χ2n) is 5.08. The normalized spacial score (nSPS) is 20.4. The van der Waals surface area contributed by atoms with Gasteiger partial charge >= 0.3 is 0 Å². The second kappa shape index (κ2) is 5.42. The zero-order valence-corrected chi connectivity index (χ0v) is 11.2. The summed E-state index contributed by atoms with van der Waals surface area (Å²) in [6.45, 7) is 1.99. The molecule has 1 saturated carbocycles. The molecular formula is C14H21NOS. The highest BCUT2D eigenvalue weighted by atomic mass is 32.2. The Balaban J connectivity index is 1.90. The lowest BCUT2D eigenvalue weighted by Gasteiger charge is -2.21. The quantitative estimate of drug-likeness (QED) is 0.808. The van der Waals surface area contributed by atoms with E-state index < -0.39 is 5.60 Å². The van der Waals surface area contributed by atoms with Gasteiger partial charge in [-0.2, -0.15) is 0 Å². The van der Waals surface area contributed by atoms with Crippen molar-refractivity contribution in [2.75, 3.05) is 5.75 Å². The summed E-state index contributed by atoms with van der Waals surface area (Å²) in [6, 6.07) is 8.44. The fraction of sp³-hybridized carbons (Fsp3) is 0.571. The third kappa shape index (κ3) is 3.47. The van der Waals surface area contributed by atoms with Crippen LogP contribution in [0, 0.1) is 0 Å². The predicted octanol–water partition coefficient (Wildman–Crippen LogP) is 3.10. The molecule has 1 aromatic carbocycles. The van der Waals surface area contributed by atoms with E-state index in [-0.39, 0.29) is 6.04 Å². The molecule has 1 aromatic rings. The van der Waals surface area contributed by atoms with E-state index in [0.29, 0.717) is 0 Å². The maximum Gasteiger partial charge on any atom is 0.0741 e. The smallest absolute Gasteiger partial charge is 0.0741 e. The van der Waals surface area contributed by atoms with Gasteiger partial charge in [0, 0.05) is 16.7 Å². The van der Waals surface area contributed by atoms with Gasteiger partial charge in [-0.05, 0) is 37.5 Å². The van der Waals surface area contributed by atoms with Crippen LogP contribution in [-0.2, 0) is 0 Å². The average molecular weight is 251 g/mol. The zero-order chi connectivity index (χ0) is 12.3. The number of aliphatic hydroxyl groups is 1. The molecule has 1 atom stereocenters. The van der Waals surface area contributed by atoms with Crippen LogP contribution in [0.25, 0.3) is 0 Å². The van der Waals surface area contributed by atoms with Crippen LogP contribution in [-0.4, -0.2) is 16.5 Å². The molecule has 94 valence electrons. The molecule has 0 spiro atoms. The first-order valence-electron chi connectivity index (χ1n) is 6.30. The number of hydrogen-bond donors (Lipinski definition) is 2. The van der Waals surface area contributed by atoms with Gasteiger partial charge in [-0.15, -0.1) is 11.8 Å². The molecule has 0 amide bonds. The summed E-state index contributed by atoms with van der Waals surface area (Å²) < 4.78 is 0. The third-order valence-electron chi connectivity index (χ3n) is 3.45.